The van der Waals surface area contributed by atoms with Gasteiger partial charge in [-0.25, -0.2) is 0 Å². The maximum absolute atomic E-state index is 5.97. The predicted octanol–water partition coefficient (Wildman–Crippen LogP) is 2.44. The number of nitrogens with two attached hydrogens (primary N) is 1. The van der Waals surface area contributed by atoms with Gasteiger partial charge >= 0.3 is 0 Å². The Bertz CT molecular complexity index is 427. The molecule has 1 aromatic heterocycles. The third-order valence-electron chi connectivity index (χ3n) is 1.55. The average Bonchev–Trinajstić information content (AvgIpc) is 2.53. The van der Waals surface area contributed by atoms with Crippen LogP contribution in [0.4, 0.5) is 5.95 Å². The van der Waals surface area contributed by atoms with Crippen LogP contribution in [0.3, 0.4) is 0 Å². The summed E-state index contributed by atoms with van der Waals surface area (Å²) >= 11 is 7.21. The van der Waals surface area contributed by atoms with E-state index >= 15 is 0 Å². The summed E-state index contributed by atoms with van der Waals surface area (Å²) in [5.41, 5.74) is 6.28. The molecule has 0 spiro atoms. The van der Waals surface area contributed by atoms with Gasteiger partial charge in [-0.1, -0.05) is 29.8 Å². The molecule has 0 radical (unpaired) electrons. The van der Waals surface area contributed by atoms with Crippen molar-refractivity contribution in [1.29, 1.82) is 0 Å². The Labute approximate surface area is 84.4 Å². The topological polar surface area (TPSA) is 51.8 Å². The van der Waals surface area contributed by atoms with Gasteiger partial charge in [0, 0.05) is 5.56 Å². The van der Waals surface area contributed by atoms with E-state index in [-0.39, 0.29) is 0 Å². The molecular weight excluding hydrogens is 206 g/mol. The number of halogens is 1. The molecule has 0 atom stereocenters. The largest absolute Gasteiger partial charge is 0.367 e. The second-order valence-corrected chi connectivity index (χ2v) is 3.60. The molecular formula is C8H6ClN3S. The van der Waals surface area contributed by atoms with Gasteiger partial charge in [0.2, 0.25) is 5.95 Å². The standard InChI is InChI=1S/C8H6ClN3S/c9-6-4-2-1-3-5(6)7-11-8(10)12-13-7/h1-4H,(H2,10,12). The van der Waals surface area contributed by atoms with Crippen LogP contribution >= 0.6 is 23.1 Å². The summed E-state index contributed by atoms with van der Waals surface area (Å²) in [4.78, 5) is 4.04. The minimum Gasteiger partial charge on any atom is -0.367 e. The van der Waals surface area contributed by atoms with E-state index < -0.39 is 0 Å². The Hall–Kier alpha value is -1.13. The molecule has 13 heavy (non-hydrogen) atoms. The molecule has 0 aliphatic rings. The number of hydrogen-bond acceptors (Lipinski definition) is 4. The fourth-order valence-corrected chi connectivity index (χ4v) is 1.89. The van der Waals surface area contributed by atoms with Crippen molar-refractivity contribution >= 4 is 29.1 Å². The number of benzene rings is 1. The van der Waals surface area contributed by atoms with Gasteiger partial charge in [-0.3, -0.25) is 0 Å². The van der Waals surface area contributed by atoms with Crippen molar-refractivity contribution in [2.75, 3.05) is 5.73 Å². The van der Waals surface area contributed by atoms with E-state index in [1.165, 1.54) is 11.5 Å². The number of aromatic nitrogens is 2. The van der Waals surface area contributed by atoms with Crippen LogP contribution < -0.4 is 5.73 Å². The van der Waals surface area contributed by atoms with Crippen molar-refractivity contribution in [3.8, 4) is 10.6 Å². The van der Waals surface area contributed by atoms with Crippen molar-refractivity contribution in [3.05, 3.63) is 29.3 Å². The van der Waals surface area contributed by atoms with Gasteiger partial charge in [0.25, 0.3) is 0 Å². The fraction of sp³-hybridized carbons (Fsp3) is 0. The SMILES string of the molecule is Nc1nsc(-c2ccccc2Cl)n1. The second-order valence-electron chi connectivity index (χ2n) is 2.44. The molecule has 2 N–H and O–H groups in total. The van der Waals surface area contributed by atoms with E-state index in [0.29, 0.717) is 11.0 Å². The summed E-state index contributed by atoms with van der Waals surface area (Å²) < 4.78 is 3.88. The lowest BCUT2D eigenvalue weighted by Gasteiger charge is -1.96. The molecule has 0 aliphatic heterocycles. The highest BCUT2D eigenvalue weighted by Gasteiger charge is 2.06. The molecule has 0 saturated heterocycles. The van der Waals surface area contributed by atoms with E-state index in [0.717, 1.165) is 10.6 Å². The molecule has 0 fully saturated rings. The summed E-state index contributed by atoms with van der Waals surface area (Å²) in [5, 5.41) is 1.42. The van der Waals surface area contributed by atoms with Crippen LogP contribution in [0, 0.1) is 0 Å². The van der Waals surface area contributed by atoms with Crippen LogP contribution in [0.5, 0.6) is 0 Å². The van der Waals surface area contributed by atoms with Gasteiger partial charge < -0.3 is 5.73 Å². The van der Waals surface area contributed by atoms with Crippen molar-refractivity contribution in [1.82, 2.24) is 9.36 Å². The number of nitrogen functional groups attached to an aromatic ring is 1. The van der Waals surface area contributed by atoms with Crippen LogP contribution in [0.1, 0.15) is 0 Å². The third kappa shape index (κ3) is 1.64. The fourth-order valence-electron chi connectivity index (χ4n) is 0.979. The van der Waals surface area contributed by atoms with Crippen molar-refractivity contribution in [3.63, 3.8) is 0 Å². The Kier molecular flexibility index (Phi) is 2.16. The molecule has 0 amide bonds. The van der Waals surface area contributed by atoms with Gasteiger partial charge in [-0.15, -0.1) is 0 Å². The predicted molar refractivity (Wildman–Crippen MR) is 54.8 cm³/mol. The molecule has 66 valence electrons. The minimum absolute atomic E-state index is 0.292. The molecule has 1 heterocycles. The van der Waals surface area contributed by atoms with Crippen LogP contribution in [-0.4, -0.2) is 9.36 Å². The van der Waals surface area contributed by atoms with E-state index in [9.17, 15) is 0 Å². The summed E-state index contributed by atoms with van der Waals surface area (Å²) in [5.74, 6) is 0.292. The van der Waals surface area contributed by atoms with Crippen LogP contribution in [0.15, 0.2) is 24.3 Å². The Morgan fingerprint density at radius 2 is 2.08 bits per heavy atom. The number of rotatable bonds is 1. The monoisotopic (exact) mass is 211 g/mol. The van der Waals surface area contributed by atoms with Gasteiger partial charge in [0.05, 0.1) is 5.02 Å². The van der Waals surface area contributed by atoms with Crippen LogP contribution in [0.25, 0.3) is 10.6 Å². The van der Waals surface area contributed by atoms with Crippen molar-refractivity contribution in [2.24, 2.45) is 0 Å². The number of nitrogens with zero attached hydrogens (tertiary/aromatic N) is 2. The molecule has 2 rings (SSSR count). The number of hydrogen-bond donors (Lipinski definition) is 1. The van der Waals surface area contributed by atoms with Gasteiger partial charge in [0.1, 0.15) is 5.01 Å². The molecule has 0 saturated carbocycles. The first-order valence-corrected chi connectivity index (χ1v) is 4.76. The minimum atomic E-state index is 0.292. The van der Waals surface area contributed by atoms with Gasteiger partial charge in [0.15, 0.2) is 0 Å². The normalized spacial score (nSPS) is 10.2. The quantitative estimate of drug-likeness (QED) is 0.788. The molecule has 0 unspecified atom stereocenters. The van der Waals surface area contributed by atoms with Crippen molar-refractivity contribution in [2.45, 2.75) is 0 Å². The second kappa shape index (κ2) is 3.32. The molecule has 3 nitrogen and oxygen atoms in total. The van der Waals surface area contributed by atoms with Gasteiger partial charge in [-0.2, -0.15) is 9.36 Å². The zero-order chi connectivity index (χ0) is 9.26. The molecule has 0 bridgehead atoms. The Morgan fingerprint density at radius 3 is 2.69 bits per heavy atom. The lowest BCUT2D eigenvalue weighted by Crippen LogP contribution is -1.85. The third-order valence-corrected chi connectivity index (χ3v) is 2.64. The van der Waals surface area contributed by atoms with Crippen LogP contribution in [0.2, 0.25) is 5.02 Å². The highest BCUT2D eigenvalue weighted by Crippen LogP contribution is 2.28. The lowest BCUT2D eigenvalue weighted by molar-refractivity contribution is 1.34. The van der Waals surface area contributed by atoms with E-state index in [1.807, 2.05) is 24.3 Å². The highest BCUT2D eigenvalue weighted by atomic mass is 35.5. The van der Waals surface area contributed by atoms with E-state index in [4.69, 9.17) is 17.3 Å². The highest BCUT2D eigenvalue weighted by molar-refractivity contribution is 7.09. The maximum atomic E-state index is 5.97. The Balaban J connectivity index is 2.52. The molecule has 1 aromatic carbocycles. The maximum Gasteiger partial charge on any atom is 0.232 e. The summed E-state index contributed by atoms with van der Waals surface area (Å²) in [6, 6.07) is 7.48. The van der Waals surface area contributed by atoms with Crippen LogP contribution in [-0.2, 0) is 0 Å². The molecule has 0 aliphatic carbocycles. The number of anilines is 1. The van der Waals surface area contributed by atoms with E-state index in [1.54, 1.807) is 0 Å². The summed E-state index contributed by atoms with van der Waals surface area (Å²) in [6.45, 7) is 0. The zero-order valence-corrected chi connectivity index (χ0v) is 8.14. The lowest BCUT2D eigenvalue weighted by atomic mass is 10.2. The summed E-state index contributed by atoms with van der Waals surface area (Å²) in [6.07, 6.45) is 0. The first-order chi connectivity index (χ1) is 6.27. The molecule has 2 aromatic rings. The van der Waals surface area contributed by atoms with Crippen molar-refractivity contribution < 1.29 is 0 Å². The Morgan fingerprint density at radius 1 is 1.31 bits per heavy atom. The van der Waals surface area contributed by atoms with E-state index in [2.05, 4.69) is 9.36 Å². The first kappa shape index (κ1) is 8.47. The average molecular weight is 212 g/mol. The first-order valence-electron chi connectivity index (χ1n) is 3.61. The molecule has 5 heteroatoms. The zero-order valence-electron chi connectivity index (χ0n) is 6.57. The summed E-state index contributed by atoms with van der Waals surface area (Å²) in [7, 11) is 0. The van der Waals surface area contributed by atoms with Gasteiger partial charge in [-0.05, 0) is 17.6 Å². The smallest absolute Gasteiger partial charge is 0.232 e.